The number of aromatic nitrogens is 1. The Morgan fingerprint density at radius 1 is 1.33 bits per heavy atom. The zero-order chi connectivity index (χ0) is 17.3. The summed E-state index contributed by atoms with van der Waals surface area (Å²) < 4.78 is 38.2. The van der Waals surface area contributed by atoms with Crippen molar-refractivity contribution in [2.45, 2.75) is 6.18 Å². The Morgan fingerprint density at radius 3 is 2.88 bits per heavy atom. The van der Waals surface area contributed by atoms with Crippen molar-refractivity contribution >= 4 is 12.0 Å². The van der Waals surface area contributed by atoms with Crippen molar-refractivity contribution in [2.24, 2.45) is 5.84 Å². The summed E-state index contributed by atoms with van der Waals surface area (Å²) in [6.45, 7) is -0.846. The van der Waals surface area contributed by atoms with Gasteiger partial charge in [-0.05, 0) is 34.8 Å². The Morgan fingerprint density at radius 2 is 2.12 bits per heavy atom. The van der Waals surface area contributed by atoms with E-state index >= 15 is 0 Å². The molecule has 0 aliphatic carbocycles. The number of amides is 1. The smallest absolute Gasteiger partial charge is 0.343 e. The number of carbonyl (C=O) groups is 1. The summed E-state index contributed by atoms with van der Waals surface area (Å²) in [5, 5.41) is 2.71. The molecule has 3 N–H and O–H groups in total. The lowest BCUT2D eigenvalue weighted by molar-refractivity contribution is -0.123. The second kappa shape index (κ2) is 5.95. The van der Waals surface area contributed by atoms with E-state index in [2.05, 4.69) is 4.98 Å². The number of hydrogen-bond donors (Lipinski definition) is 2. The number of hydrazine groups is 1. The normalized spacial score (nSPS) is 13.4. The Hall–Kier alpha value is -2.90. The van der Waals surface area contributed by atoms with E-state index in [4.69, 9.17) is 5.84 Å². The quantitative estimate of drug-likeness (QED) is 0.622. The molecule has 3 rings (SSSR count). The van der Waals surface area contributed by atoms with Crippen LogP contribution in [0.2, 0.25) is 0 Å². The zero-order valence-electron chi connectivity index (χ0n) is 12.5. The summed E-state index contributed by atoms with van der Waals surface area (Å²) in [7, 11) is 0. The van der Waals surface area contributed by atoms with Crippen LogP contribution >= 0.6 is 0 Å². The van der Waals surface area contributed by atoms with Crippen molar-refractivity contribution < 1.29 is 18.0 Å². The summed E-state index contributed by atoms with van der Waals surface area (Å²) in [6, 6.07) is 8.20. The second-order valence-corrected chi connectivity index (χ2v) is 5.33. The number of nitrogens with one attached hydrogen (secondary N) is 1. The molecule has 0 spiro atoms. The third-order valence-corrected chi connectivity index (χ3v) is 3.62. The molecule has 0 saturated carbocycles. The number of rotatable bonds is 3. The van der Waals surface area contributed by atoms with E-state index in [-0.39, 0.29) is 5.56 Å². The number of nitrogens with two attached hydrogens (primary N) is 1. The third kappa shape index (κ3) is 3.22. The summed E-state index contributed by atoms with van der Waals surface area (Å²) in [5.41, 5.74) is 2.31. The van der Waals surface area contributed by atoms with Gasteiger partial charge in [0.05, 0.1) is 5.22 Å². The minimum atomic E-state index is -4.45. The van der Waals surface area contributed by atoms with Crippen LogP contribution in [0.1, 0.15) is 10.4 Å². The summed E-state index contributed by atoms with van der Waals surface area (Å²) in [6.07, 6.45) is -0.934. The van der Waals surface area contributed by atoms with Crippen LogP contribution < -0.4 is 26.6 Å². The number of pyridine rings is 1. The first-order valence-corrected chi connectivity index (χ1v) is 7.15. The van der Waals surface area contributed by atoms with Gasteiger partial charge in [0.25, 0.3) is 5.91 Å². The highest BCUT2D eigenvalue weighted by atomic mass is 19.4. The molecule has 1 aromatic heterocycles. The van der Waals surface area contributed by atoms with Gasteiger partial charge < -0.3 is 5.32 Å². The molecule has 0 fully saturated rings. The van der Waals surface area contributed by atoms with Crippen molar-refractivity contribution in [1.82, 2.24) is 15.0 Å². The monoisotopic (exact) mass is 335 g/mol. The van der Waals surface area contributed by atoms with Crippen LogP contribution in [0.4, 0.5) is 13.2 Å². The molecule has 0 atom stereocenters. The van der Waals surface area contributed by atoms with E-state index in [0.717, 1.165) is 10.8 Å². The van der Waals surface area contributed by atoms with Crippen molar-refractivity contribution in [3.8, 4) is 11.1 Å². The maximum absolute atomic E-state index is 12.2. The Balaban J connectivity index is 1.95. The van der Waals surface area contributed by atoms with Gasteiger partial charge in [0.15, 0.2) is 0 Å². The van der Waals surface area contributed by atoms with E-state index in [9.17, 15) is 18.0 Å². The maximum Gasteiger partial charge on any atom is 0.405 e. The van der Waals surface area contributed by atoms with Gasteiger partial charge in [0.1, 0.15) is 19.3 Å². The van der Waals surface area contributed by atoms with Crippen LogP contribution in [0, 0.1) is 0 Å². The Bertz CT molecular complexity index is 922. The fourth-order valence-electron chi connectivity index (χ4n) is 2.53. The van der Waals surface area contributed by atoms with E-state index in [1.54, 1.807) is 30.5 Å². The zero-order valence-corrected chi connectivity index (χ0v) is 12.5. The highest BCUT2D eigenvalue weighted by Gasteiger charge is 2.28. The molecule has 2 heterocycles. The van der Waals surface area contributed by atoms with Gasteiger partial charge in [0, 0.05) is 11.1 Å². The molecule has 1 aliphatic rings. The van der Waals surface area contributed by atoms with Crippen LogP contribution in [0.3, 0.4) is 0 Å². The number of fused-ring (bicyclic) bond motifs is 1. The largest absolute Gasteiger partial charge is 0.405 e. The number of nitrogens with zero attached hydrogens (tertiary/aromatic N) is 2. The fourth-order valence-corrected chi connectivity index (χ4v) is 2.53. The SMILES string of the molecule is N[N+]1=c2nccc(-c3cccc(C(=O)NCC(F)(F)F)c3)c2=CC1. The van der Waals surface area contributed by atoms with Crippen LogP contribution in [0.15, 0.2) is 36.5 Å². The van der Waals surface area contributed by atoms with Crippen LogP contribution in [-0.4, -0.2) is 30.2 Å². The summed E-state index contributed by atoms with van der Waals surface area (Å²) >= 11 is 0. The molecular formula is C16H14F3N4O+. The lowest BCUT2D eigenvalue weighted by Crippen LogP contribution is -2.41. The molecular weight excluding hydrogens is 321 g/mol. The van der Waals surface area contributed by atoms with Gasteiger partial charge in [-0.15, -0.1) is 0 Å². The minimum Gasteiger partial charge on any atom is -0.343 e. The maximum atomic E-state index is 12.2. The Kier molecular flexibility index (Phi) is 3.96. The van der Waals surface area contributed by atoms with Crippen molar-refractivity contribution in [2.75, 3.05) is 13.1 Å². The first-order valence-electron chi connectivity index (χ1n) is 7.15. The van der Waals surface area contributed by atoms with E-state index in [0.29, 0.717) is 17.6 Å². The number of benzene rings is 1. The summed E-state index contributed by atoms with van der Waals surface area (Å²) in [4.78, 5) is 16.1. The van der Waals surface area contributed by atoms with Crippen molar-refractivity contribution in [3.63, 3.8) is 0 Å². The second-order valence-electron chi connectivity index (χ2n) is 5.33. The number of hydrogen-bond acceptors (Lipinski definition) is 3. The Labute approximate surface area is 134 Å². The molecule has 0 unspecified atom stereocenters. The molecule has 1 amide bonds. The molecule has 0 radical (unpaired) electrons. The molecule has 24 heavy (non-hydrogen) atoms. The first kappa shape index (κ1) is 16.0. The van der Waals surface area contributed by atoms with Gasteiger partial charge in [-0.1, -0.05) is 12.1 Å². The van der Waals surface area contributed by atoms with Crippen molar-refractivity contribution in [3.05, 3.63) is 52.8 Å². The molecule has 1 aliphatic heterocycles. The first-order chi connectivity index (χ1) is 11.3. The van der Waals surface area contributed by atoms with Gasteiger partial charge in [0.2, 0.25) is 0 Å². The van der Waals surface area contributed by atoms with Crippen LogP contribution in [0.25, 0.3) is 17.2 Å². The standard InChI is InChI=1S/C16H13F3N4O/c17-16(18,19)9-22-15(24)11-3-1-2-10(8-11)12-4-6-21-14-13(12)5-7-23(14)20/h1-6,8H,7,9,20H2/p+1. The number of halogens is 3. The number of alkyl halides is 3. The fraction of sp³-hybridized carbons (Fsp3) is 0.188. The molecule has 124 valence electrons. The third-order valence-electron chi connectivity index (χ3n) is 3.62. The van der Waals surface area contributed by atoms with Gasteiger partial charge in [-0.25, -0.2) is 0 Å². The molecule has 0 saturated heterocycles. The molecule has 8 heteroatoms. The molecule has 1 aromatic carbocycles. The van der Waals surface area contributed by atoms with E-state index in [1.807, 2.05) is 11.4 Å². The highest BCUT2D eigenvalue weighted by Crippen LogP contribution is 2.17. The van der Waals surface area contributed by atoms with E-state index < -0.39 is 18.6 Å². The minimum absolute atomic E-state index is 0.157. The topological polar surface area (TPSA) is 71.0 Å². The predicted molar refractivity (Wildman–Crippen MR) is 82.1 cm³/mol. The van der Waals surface area contributed by atoms with Crippen molar-refractivity contribution in [1.29, 1.82) is 0 Å². The van der Waals surface area contributed by atoms with Crippen LogP contribution in [-0.2, 0) is 0 Å². The lowest BCUT2D eigenvalue weighted by atomic mass is 10.0. The molecule has 0 bridgehead atoms. The van der Waals surface area contributed by atoms with Gasteiger partial charge in [-0.3, -0.25) is 10.6 Å². The molecule has 5 nitrogen and oxygen atoms in total. The highest BCUT2D eigenvalue weighted by molar-refractivity contribution is 5.95. The summed E-state index contributed by atoms with van der Waals surface area (Å²) in [5.74, 6) is 5.05. The average molecular weight is 335 g/mol. The van der Waals surface area contributed by atoms with Gasteiger partial charge in [-0.2, -0.15) is 17.9 Å². The average Bonchev–Trinajstić information content (AvgIpc) is 2.93. The van der Waals surface area contributed by atoms with E-state index in [1.165, 1.54) is 10.8 Å². The number of carbonyl (C=O) groups excluding carboxylic acids is 1. The predicted octanol–water partition coefficient (Wildman–Crippen LogP) is 0.200. The lowest BCUT2D eigenvalue weighted by Gasteiger charge is -2.09. The van der Waals surface area contributed by atoms with Gasteiger partial charge >= 0.3 is 11.7 Å². The van der Waals surface area contributed by atoms with Crippen LogP contribution in [0.5, 0.6) is 0 Å². The molecule has 2 aromatic rings.